The molecule has 8 nitrogen and oxygen atoms in total. The van der Waals surface area contributed by atoms with Crippen LogP contribution in [0.2, 0.25) is 0 Å². The van der Waals surface area contributed by atoms with Crippen LogP contribution in [-0.2, 0) is 14.6 Å². The molecule has 0 atom stereocenters. The van der Waals surface area contributed by atoms with Gasteiger partial charge in [-0.15, -0.1) is 0 Å². The molecule has 0 unspecified atom stereocenters. The molecule has 1 N–H and O–H groups in total. The summed E-state index contributed by atoms with van der Waals surface area (Å²) in [6, 6.07) is 6.27. The highest BCUT2D eigenvalue weighted by Gasteiger charge is 2.32. The van der Waals surface area contributed by atoms with Gasteiger partial charge >= 0.3 is 17.9 Å². The summed E-state index contributed by atoms with van der Waals surface area (Å²) in [7, 11) is -4.18. The van der Waals surface area contributed by atoms with Crippen molar-refractivity contribution >= 4 is 34.0 Å². The van der Waals surface area contributed by atoms with Crippen molar-refractivity contribution in [1.82, 2.24) is 0 Å². The average Bonchev–Trinajstić information content (AvgIpc) is 2.88. The number of ether oxygens (including phenoxy) is 1. The molecule has 1 aliphatic rings. The van der Waals surface area contributed by atoms with Gasteiger partial charge in [-0.3, -0.25) is 4.79 Å². The van der Waals surface area contributed by atoms with E-state index in [1.807, 2.05) is 0 Å². The van der Waals surface area contributed by atoms with Gasteiger partial charge < -0.3 is 9.84 Å². The Labute approximate surface area is 140 Å². The number of cyclic esters (lactones) is 2. The maximum Gasteiger partial charge on any atom is 0.346 e. The Kier molecular flexibility index (Phi) is 3.73. The minimum atomic E-state index is -4.18. The molecule has 0 aliphatic carbocycles. The van der Waals surface area contributed by atoms with Crippen LogP contribution in [0, 0.1) is 0 Å². The van der Waals surface area contributed by atoms with Gasteiger partial charge in [0.05, 0.1) is 26.5 Å². The van der Waals surface area contributed by atoms with E-state index in [9.17, 15) is 27.6 Å². The third-order valence-corrected chi connectivity index (χ3v) is 5.37. The van der Waals surface area contributed by atoms with Crippen molar-refractivity contribution in [2.75, 3.05) is 0 Å². The summed E-state index contributed by atoms with van der Waals surface area (Å²) in [6.07, 6.45) is 0.302. The van der Waals surface area contributed by atoms with Crippen LogP contribution in [0.1, 0.15) is 41.4 Å². The van der Waals surface area contributed by atoms with E-state index >= 15 is 0 Å². The highest BCUT2D eigenvalue weighted by molar-refractivity contribution is 7.91. The molecule has 0 aromatic heterocycles. The van der Waals surface area contributed by atoms with Gasteiger partial charge in [0, 0.05) is 5.56 Å². The van der Waals surface area contributed by atoms with Crippen molar-refractivity contribution < 1.29 is 37.4 Å². The maximum absolute atomic E-state index is 12.7. The third kappa shape index (κ3) is 2.60. The zero-order valence-electron chi connectivity index (χ0n) is 12.3. The van der Waals surface area contributed by atoms with E-state index in [1.54, 1.807) is 0 Å². The number of aromatic carboxylic acids is 1. The Balaban J connectivity index is 2.15. The molecule has 0 saturated carbocycles. The van der Waals surface area contributed by atoms with Gasteiger partial charge in [0.25, 0.3) is 0 Å². The topological polar surface area (TPSA) is 132 Å². The zero-order chi connectivity index (χ0) is 18.4. The predicted octanol–water partition coefficient (Wildman–Crippen LogP) is 1.34. The number of carbonyl (C=O) groups is 4. The first-order valence-electron chi connectivity index (χ1n) is 6.74. The largest absolute Gasteiger partial charge is 0.478 e. The van der Waals surface area contributed by atoms with Gasteiger partial charge in [-0.2, -0.15) is 0 Å². The summed E-state index contributed by atoms with van der Waals surface area (Å²) in [5.41, 5.74) is -0.873. The Bertz CT molecular complexity index is 1050. The van der Waals surface area contributed by atoms with Crippen molar-refractivity contribution in [2.24, 2.45) is 0 Å². The van der Waals surface area contributed by atoms with E-state index in [0.29, 0.717) is 6.29 Å². The smallest absolute Gasteiger partial charge is 0.346 e. The Hall–Kier alpha value is -3.33. The van der Waals surface area contributed by atoms with Gasteiger partial charge in [-0.25, -0.2) is 22.8 Å². The van der Waals surface area contributed by atoms with Crippen molar-refractivity contribution in [2.45, 2.75) is 9.79 Å². The minimum Gasteiger partial charge on any atom is -0.478 e. The SMILES string of the molecule is O=Cc1ccc(S(=O)(=O)c2ccc3c(c2)C(=O)OC3=O)cc1C(=O)O. The lowest BCUT2D eigenvalue weighted by atomic mass is 10.1. The molecule has 0 spiro atoms. The number of carboxylic acids is 1. The molecule has 25 heavy (non-hydrogen) atoms. The number of hydrogen-bond acceptors (Lipinski definition) is 7. The van der Waals surface area contributed by atoms with Crippen molar-refractivity contribution in [1.29, 1.82) is 0 Å². The number of fused-ring (bicyclic) bond motifs is 1. The number of carbonyl (C=O) groups excluding carboxylic acids is 3. The molecule has 126 valence electrons. The molecular weight excluding hydrogens is 352 g/mol. The lowest BCUT2D eigenvalue weighted by Crippen LogP contribution is -2.08. The van der Waals surface area contributed by atoms with Crippen molar-refractivity contribution in [3.05, 3.63) is 58.7 Å². The lowest BCUT2D eigenvalue weighted by molar-refractivity contribution is 0.0443. The van der Waals surface area contributed by atoms with Crippen LogP contribution in [-0.4, -0.2) is 37.7 Å². The van der Waals surface area contributed by atoms with Crippen molar-refractivity contribution in [3.8, 4) is 0 Å². The molecule has 1 aliphatic heterocycles. The highest BCUT2D eigenvalue weighted by atomic mass is 32.2. The van der Waals surface area contributed by atoms with Crippen LogP contribution in [0.3, 0.4) is 0 Å². The van der Waals surface area contributed by atoms with E-state index in [1.165, 1.54) is 0 Å². The maximum atomic E-state index is 12.7. The number of hydrogen-bond donors (Lipinski definition) is 1. The fraction of sp³-hybridized carbons (Fsp3) is 0. The number of benzene rings is 2. The molecule has 3 rings (SSSR count). The van der Waals surface area contributed by atoms with Gasteiger partial charge in [-0.1, -0.05) is 0 Å². The van der Waals surface area contributed by atoms with Crippen LogP contribution in [0.25, 0.3) is 0 Å². The number of rotatable bonds is 4. The Morgan fingerprint density at radius 3 is 2.20 bits per heavy atom. The summed E-state index contributed by atoms with van der Waals surface area (Å²) in [5.74, 6) is -3.28. The van der Waals surface area contributed by atoms with E-state index < -0.39 is 33.3 Å². The van der Waals surface area contributed by atoms with Crippen LogP contribution >= 0.6 is 0 Å². The quantitative estimate of drug-likeness (QED) is 0.491. The molecular formula is C16H8O8S. The molecule has 0 amide bonds. The van der Waals surface area contributed by atoms with Crippen molar-refractivity contribution in [3.63, 3.8) is 0 Å². The molecule has 0 bridgehead atoms. The van der Waals surface area contributed by atoms with E-state index in [2.05, 4.69) is 4.74 Å². The van der Waals surface area contributed by atoms with Gasteiger partial charge in [0.2, 0.25) is 9.84 Å². The Morgan fingerprint density at radius 2 is 1.56 bits per heavy atom. The monoisotopic (exact) mass is 360 g/mol. The first-order valence-corrected chi connectivity index (χ1v) is 8.22. The molecule has 0 fully saturated rings. The minimum absolute atomic E-state index is 0.0496. The second-order valence-electron chi connectivity index (χ2n) is 5.06. The summed E-state index contributed by atoms with van der Waals surface area (Å²) in [5, 5.41) is 9.10. The summed E-state index contributed by atoms with van der Waals surface area (Å²) >= 11 is 0. The summed E-state index contributed by atoms with van der Waals surface area (Å²) in [6.45, 7) is 0. The lowest BCUT2D eigenvalue weighted by Gasteiger charge is -2.07. The van der Waals surface area contributed by atoms with Crippen LogP contribution in [0.4, 0.5) is 0 Å². The summed E-state index contributed by atoms with van der Waals surface area (Å²) in [4.78, 5) is 44.3. The highest BCUT2D eigenvalue weighted by Crippen LogP contribution is 2.28. The molecule has 2 aromatic rings. The number of carboxylic acid groups (broad SMARTS) is 1. The number of sulfone groups is 1. The number of aldehydes is 1. The molecule has 2 aromatic carbocycles. The van der Waals surface area contributed by atoms with Gasteiger partial charge in [0.15, 0.2) is 6.29 Å². The standard InChI is InChI=1S/C16H8O8S/c17-7-8-1-2-9(5-12(8)14(18)19)25(22,23)10-3-4-11-13(6-10)16(21)24-15(11)20/h1-7H,(H,18,19). The first kappa shape index (κ1) is 16.5. The second kappa shape index (κ2) is 5.64. The van der Waals surface area contributed by atoms with E-state index in [-0.39, 0.29) is 26.5 Å². The van der Waals surface area contributed by atoms with Crippen LogP contribution in [0.15, 0.2) is 46.2 Å². The second-order valence-corrected chi connectivity index (χ2v) is 7.01. The fourth-order valence-corrected chi connectivity index (χ4v) is 3.67. The fourth-order valence-electron chi connectivity index (χ4n) is 2.36. The normalized spacial score (nSPS) is 13.3. The first-order chi connectivity index (χ1) is 11.8. The van der Waals surface area contributed by atoms with E-state index in [4.69, 9.17) is 5.11 Å². The summed E-state index contributed by atoms with van der Waals surface area (Å²) < 4.78 is 29.8. The predicted molar refractivity (Wildman–Crippen MR) is 80.4 cm³/mol. The average molecular weight is 360 g/mol. The van der Waals surface area contributed by atoms with Crippen LogP contribution < -0.4 is 0 Å². The Morgan fingerprint density at radius 1 is 0.960 bits per heavy atom. The molecule has 1 heterocycles. The van der Waals surface area contributed by atoms with Gasteiger partial charge in [-0.05, 0) is 36.4 Å². The van der Waals surface area contributed by atoms with Crippen LogP contribution in [0.5, 0.6) is 0 Å². The van der Waals surface area contributed by atoms with E-state index in [0.717, 1.165) is 36.4 Å². The zero-order valence-corrected chi connectivity index (χ0v) is 13.1. The molecule has 0 saturated heterocycles. The third-order valence-electron chi connectivity index (χ3n) is 3.62. The van der Waals surface area contributed by atoms with Gasteiger partial charge in [0.1, 0.15) is 0 Å². The molecule has 0 radical (unpaired) electrons. The number of esters is 2. The molecule has 9 heteroatoms.